The van der Waals surface area contributed by atoms with Crippen molar-refractivity contribution in [2.45, 2.75) is 19.8 Å². The maximum atomic E-state index is 14.1. The van der Waals surface area contributed by atoms with Gasteiger partial charge in [-0.3, -0.25) is 9.78 Å². The van der Waals surface area contributed by atoms with E-state index < -0.39 is 5.82 Å². The number of hydrogen-bond donors (Lipinski definition) is 1. The van der Waals surface area contributed by atoms with Crippen LogP contribution in [0.3, 0.4) is 0 Å². The molecule has 1 amide bonds. The van der Waals surface area contributed by atoms with E-state index in [9.17, 15) is 14.4 Å². The van der Waals surface area contributed by atoms with Gasteiger partial charge in [0.1, 0.15) is 11.9 Å². The highest BCUT2D eigenvalue weighted by Crippen LogP contribution is 2.36. The van der Waals surface area contributed by atoms with Gasteiger partial charge < -0.3 is 10.2 Å². The summed E-state index contributed by atoms with van der Waals surface area (Å²) in [5, 5.41) is 13.1. The summed E-state index contributed by atoms with van der Waals surface area (Å²) in [4.78, 5) is 27.7. The number of pyridine rings is 1. The number of anilines is 3. The van der Waals surface area contributed by atoms with Gasteiger partial charge in [-0.2, -0.15) is 5.26 Å². The van der Waals surface area contributed by atoms with Crippen LogP contribution in [-0.2, 0) is 17.6 Å². The standard InChI is InChI=1S/C27H21FN6O/c1-17-12-22(6-9-30-17)32-27-31-10-7-24(33-27)20-13-19-8-11-34(26(19)21(14-20)16-29)25(35)15-18-4-2-3-5-23(18)28/h2-7,9-10,12-14H,8,11,15H2,1H3,(H,30,31,32,33). The van der Waals surface area contributed by atoms with Crippen molar-refractivity contribution in [2.75, 3.05) is 16.8 Å². The number of fused-ring (bicyclic) bond motifs is 1. The molecule has 7 nitrogen and oxygen atoms in total. The van der Waals surface area contributed by atoms with Gasteiger partial charge in [0, 0.05) is 35.9 Å². The van der Waals surface area contributed by atoms with Crippen LogP contribution in [0.25, 0.3) is 11.3 Å². The van der Waals surface area contributed by atoms with E-state index in [2.05, 4.69) is 26.3 Å². The molecule has 172 valence electrons. The third-order valence-corrected chi connectivity index (χ3v) is 5.89. The number of nitriles is 1. The molecule has 0 atom stereocenters. The molecular weight excluding hydrogens is 443 g/mol. The normalized spacial score (nSPS) is 12.2. The number of nitrogens with zero attached hydrogens (tertiary/aromatic N) is 5. The number of rotatable bonds is 5. The minimum atomic E-state index is -0.411. The first kappa shape index (κ1) is 22.2. The van der Waals surface area contributed by atoms with Crippen molar-refractivity contribution in [3.05, 3.63) is 95.2 Å². The van der Waals surface area contributed by atoms with Crippen LogP contribution in [0.4, 0.5) is 21.7 Å². The molecule has 4 aromatic rings. The minimum absolute atomic E-state index is 0.0614. The van der Waals surface area contributed by atoms with Crippen molar-refractivity contribution in [1.82, 2.24) is 15.0 Å². The van der Waals surface area contributed by atoms with Crippen LogP contribution in [0.1, 0.15) is 22.4 Å². The zero-order valence-corrected chi connectivity index (χ0v) is 19.0. The molecule has 5 rings (SSSR count). The SMILES string of the molecule is Cc1cc(Nc2nccc(-c3cc(C#N)c4c(c3)CCN4C(=O)Cc3ccccc3F)n2)ccn1. The smallest absolute Gasteiger partial charge is 0.231 e. The molecule has 0 saturated carbocycles. The van der Waals surface area contributed by atoms with Gasteiger partial charge in [0.2, 0.25) is 11.9 Å². The van der Waals surface area contributed by atoms with E-state index in [1.54, 1.807) is 47.6 Å². The molecule has 0 fully saturated rings. The number of halogens is 1. The fourth-order valence-corrected chi connectivity index (χ4v) is 4.26. The first-order valence-corrected chi connectivity index (χ1v) is 11.2. The maximum Gasteiger partial charge on any atom is 0.231 e. The highest BCUT2D eigenvalue weighted by atomic mass is 19.1. The quantitative estimate of drug-likeness (QED) is 0.459. The lowest BCUT2D eigenvalue weighted by molar-refractivity contribution is -0.117. The van der Waals surface area contributed by atoms with E-state index in [0.29, 0.717) is 41.4 Å². The Morgan fingerprint density at radius 2 is 1.97 bits per heavy atom. The van der Waals surface area contributed by atoms with Gasteiger partial charge in [-0.25, -0.2) is 14.4 Å². The lowest BCUT2D eigenvalue weighted by Crippen LogP contribution is -2.31. The Balaban J connectivity index is 1.43. The fraction of sp³-hybridized carbons (Fsp3) is 0.148. The van der Waals surface area contributed by atoms with Crippen LogP contribution < -0.4 is 10.2 Å². The van der Waals surface area contributed by atoms with Crippen LogP contribution in [0, 0.1) is 24.1 Å². The molecule has 2 aromatic carbocycles. The van der Waals surface area contributed by atoms with E-state index in [0.717, 1.165) is 22.5 Å². The van der Waals surface area contributed by atoms with E-state index in [4.69, 9.17) is 0 Å². The lowest BCUT2D eigenvalue weighted by atomic mass is 10.0. The van der Waals surface area contributed by atoms with E-state index >= 15 is 0 Å². The van der Waals surface area contributed by atoms with Crippen molar-refractivity contribution in [3.63, 3.8) is 0 Å². The van der Waals surface area contributed by atoms with Crippen LogP contribution in [0.15, 0.2) is 67.0 Å². The molecule has 1 aliphatic heterocycles. The molecule has 0 unspecified atom stereocenters. The Labute approximate surface area is 201 Å². The zero-order chi connectivity index (χ0) is 24.4. The Bertz CT molecular complexity index is 1480. The average Bonchev–Trinajstić information content (AvgIpc) is 3.29. The van der Waals surface area contributed by atoms with Crippen LogP contribution in [-0.4, -0.2) is 27.4 Å². The van der Waals surface area contributed by atoms with Gasteiger partial charge in [0.15, 0.2) is 0 Å². The molecule has 0 aliphatic carbocycles. The van der Waals surface area contributed by atoms with Gasteiger partial charge >= 0.3 is 0 Å². The molecule has 35 heavy (non-hydrogen) atoms. The van der Waals surface area contributed by atoms with Gasteiger partial charge in [0.25, 0.3) is 0 Å². The average molecular weight is 465 g/mol. The molecule has 3 heterocycles. The van der Waals surface area contributed by atoms with Crippen LogP contribution in [0.5, 0.6) is 0 Å². The third-order valence-electron chi connectivity index (χ3n) is 5.89. The molecule has 1 aliphatic rings. The summed E-state index contributed by atoms with van der Waals surface area (Å²) in [5.41, 5.74) is 5.32. The Morgan fingerprint density at radius 3 is 2.77 bits per heavy atom. The summed E-state index contributed by atoms with van der Waals surface area (Å²) in [6.07, 6.45) is 3.91. The highest BCUT2D eigenvalue weighted by molar-refractivity contribution is 5.98. The summed E-state index contributed by atoms with van der Waals surface area (Å²) in [7, 11) is 0. The minimum Gasteiger partial charge on any atom is -0.324 e. The fourth-order valence-electron chi connectivity index (χ4n) is 4.26. The Kier molecular flexibility index (Phi) is 5.90. The van der Waals surface area contributed by atoms with E-state index in [1.165, 1.54) is 6.07 Å². The second kappa shape index (κ2) is 9.31. The second-order valence-electron chi connectivity index (χ2n) is 8.28. The number of hydrogen-bond acceptors (Lipinski definition) is 6. The summed E-state index contributed by atoms with van der Waals surface area (Å²) in [6.45, 7) is 2.35. The molecule has 8 heteroatoms. The Hall–Kier alpha value is -4.64. The number of amides is 1. The predicted molar refractivity (Wildman–Crippen MR) is 131 cm³/mol. The number of benzene rings is 2. The molecule has 0 radical (unpaired) electrons. The lowest BCUT2D eigenvalue weighted by Gasteiger charge is -2.19. The topological polar surface area (TPSA) is 94.8 Å². The van der Waals surface area contributed by atoms with Crippen LogP contribution in [0.2, 0.25) is 0 Å². The number of carbonyl (C=O) groups is 1. The number of aryl methyl sites for hydroxylation is 1. The van der Waals surface area contributed by atoms with Gasteiger partial charge in [0.05, 0.1) is 23.4 Å². The molecule has 0 spiro atoms. The molecule has 0 saturated heterocycles. The van der Waals surface area contributed by atoms with E-state index in [1.807, 2.05) is 25.1 Å². The number of carbonyl (C=O) groups excluding carboxylic acids is 1. The van der Waals surface area contributed by atoms with Crippen molar-refractivity contribution in [1.29, 1.82) is 5.26 Å². The summed E-state index contributed by atoms with van der Waals surface area (Å²) >= 11 is 0. The predicted octanol–water partition coefficient (Wildman–Crippen LogP) is 4.73. The zero-order valence-electron chi connectivity index (χ0n) is 19.0. The molecule has 1 N–H and O–H groups in total. The maximum absolute atomic E-state index is 14.1. The first-order chi connectivity index (χ1) is 17.0. The molecular formula is C27H21FN6O. The van der Waals surface area contributed by atoms with Crippen molar-refractivity contribution in [2.24, 2.45) is 0 Å². The number of nitrogens with one attached hydrogen (secondary N) is 1. The van der Waals surface area contributed by atoms with Gasteiger partial charge in [-0.1, -0.05) is 18.2 Å². The second-order valence-corrected chi connectivity index (χ2v) is 8.28. The van der Waals surface area contributed by atoms with Crippen molar-refractivity contribution < 1.29 is 9.18 Å². The monoisotopic (exact) mass is 464 g/mol. The third kappa shape index (κ3) is 4.57. The Morgan fingerprint density at radius 1 is 1.14 bits per heavy atom. The van der Waals surface area contributed by atoms with Crippen LogP contribution >= 0.6 is 0 Å². The van der Waals surface area contributed by atoms with E-state index in [-0.39, 0.29) is 12.3 Å². The van der Waals surface area contributed by atoms with Crippen molar-refractivity contribution >= 4 is 23.2 Å². The first-order valence-electron chi connectivity index (χ1n) is 11.2. The summed E-state index contributed by atoms with van der Waals surface area (Å²) in [5.74, 6) is -0.223. The highest BCUT2D eigenvalue weighted by Gasteiger charge is 2.29. The summed E-state index contributed by atoms with van der Waals surface area (Å²) < 4.78 is 14.1. The van der Waals surface area contributed by atoms with Gasteiger partial charge in [-0.15, -0.1) is 0 Å². The number of aromatic nitrogens is 3. The van der Waals surface area contributed by atoms with Gasteiger partial charge in [-0.05, 0) is 60.9 Å². The molecule has 0 bridgehead atoms. The molecule has 2 aromatic heterocycles. The largest absolute Gasteiger partial charge is 0.324 e. The summed E-state index contributed by atoms with van der Waals surface area (Å²) in [6, 6.07) is 17.7. The van der Waals surface area contributed by atoms with Crippen molar-refractivity contribution in [3.8, 4) is 17.3 Å².